The van der Waals surface area contributed by atoms with E-state index in [0.717, 1.165) is 11.8 Å². The molecule has 0 saturated carbocycles. The molecule has 0 atom stereocenters. The quantitative estimate of drug-likeness (QED) is 0.531. The zero-order chi connectivity index (χ0) is 22.3. The van der Waals surface area contributed by atoms with Crippen molar-refractivity contribution in [2.75, 3.05) is 16.8 Å². The van der Waals surface area contributed by atoms with Crippen molar-refractivity contribution in [3.63, 3.8) is 0 Å². The van der Waals surface area contributed by atoms with Crippen LogP contribution in [0.15, 0.2) is 53.4 Å². The second kappa shape index (κ2) is 8.45. The van der Waals surface area contributed by atoms with Crippen molar-refractivity contribution in [2.45, 2.75) is 19.9 Å². The molecule has 0 aliphatic carbocycles. The Labute approximate surface area is 194 Å². The SMILES string of the molecule is CC(C)N1C(=O)/C(=C2/C(=O)N(CC(=O)Nc3cccc(Cl)c3)c3ccccc32)SC1=S. The molecule has 0 bridgehead atoms. The van der Waals surface area contributed by atoms with Gasteiger partial charge in [-0.1, -0.05) is 59.8 Å². The number of nitrogens with one attached hydrogen (secondary N) is 1. The molecule has 2 aliphatic heterocycles. The molecular formula is C22H18ClN3O3S2. The number of nitrogens with zero attached hydrogens (tertiary/aromatic N) is 2. The number of rotatable bonds is 4. The summed E-state index contributed by atoms with van der Waals surface area (Å²) in [5.41, 5.74) is 2.02. The highest BCUT2D eigenvalue weighted by Gasteiger charge is 2.43. The smallest absolute Gasteiger partial charge is 0.267 e. The van der Waals surface area contributed by atoms with Crippen molar-refractivity contribution in [1.82, 2.24) is 4.90 Å². The summed E-state index contributed by atoms with van der Waals surface area (Å²) < 4.78 is 0.421. The minimum Gasteiger partial charge on any atom is -0.324 e. The molecule has 6 nitrogen and oxygen atoms in total. The maximum atomic E-state index is 13.4. The minimum absolute atomic E-state index is 0.114. The number of hydrogen-bond donors (Lipinski definition) is 1. The molecule has 158 valence electrons. The molecule has 4 rings (SSSR count). The lowest BCUT2D eigenvalue weighted by atomic mass is 10.1. The molecule has 31 heavy (non-hydrogen) atoms. The standard InChI is InChI=1S/C22H18ClN3O3S2/c1-12(2)26-21(29)19(31-22(26)30)18-15-8-3-4-9-16(15)25(20(18)28)11-17(27)24-14-7-5-6-13(23)10-14/h3-10,12H,11H2,1-2H3,(H,24,27)/b19-18-. The predicted octanol–water partition coefficient (Wildman–Crippen LogP) is 4.31. The summed E-state index contributed by atoms with van der Waals surface area (Å²) >= 11 is 12.5. The van der Waals surface area contributed by atoms with E-state index >= 15 is 0 Å². The van der Waals surface area contributed by atoms with Crippen molar-refractivity contribution in [3.05, 3.63) is 64.0 Å². The number of hydrogen-bond acceptors (Lipinski definition) is 5. The molecule has 2 aromatic rings. The van der Waals surface area contributed by atoms with Gasteiger partial charge in [-0.3, -0.25) is 24.2 Å². The molecule has 3 amide bonds. The molecule has 1 fully saturated rings. The molecule has 0 spiro atoms. The number of halogens is 1. The van der Waals surface area contributed by atoms with Crippen molar-refractivity contribution >= 4 is 74.6 Å². The van der Waals surface area contributed by atoms with E-state index < -0.39 is 5.91 Å². The van der Waals surface area contributed by atoms with Crippen LogP contribution in [-0.2, 0) is 14.4 Å². The third kappa shape index (κ3) is 3.98. The summed E-state index contributed by atoms with van der Waals surface area (Å²) in [5, 5.41) is 3.24. The van der Waals surface area contributed by atoms with Gasteiger partial charge in [-0.05, 0) is 38.1 Å². The van der Waals surface area contributed by atoms with Crippen molar-refractivity contribution in [3.8, 4) is 0 Å². The third-order valence-corrected chi connectivity index (χ3v) is 6.51. The highest BCUT2D eigenvalue weighted by molar-refractivity contribution is 8.26. The molecule has 0 unspecified atom stereocenters. The fourth-order valence-corrected chi connectivity index (χ4v) is 5.33. The van der Waals surface area contributed by atoms with Gasteiger partial charge in [0.1, 0.15) is 10.9 Å². The van der Waals surface area contributed by atoms with Crippen molar-refractivity contribution < 1.29 is 14.4 Å². The van der Waals surface area contributed by atoms with Crippen LogP contribution < -0.4 is 10.2 Å². The van der Waals surface area contributed by atoms with Crippen LogP contribution in [0.4, 0.5) is 11.4 Å². The summed E-state index contributed by atoms with van der Waals surface area (Å²) in [6, 6.07) is 13.8. The number of carbonyl (C=O) groups excluding carboxylic acids is 3. The molecule has 2 aliphatic rings. The van der Waals surface area contributed by atoms with Crippen LogP contribution in [0.3, 0.4) is 0 Å². The van der Waals surface area contributed by atoms with Crippen LogP contribution in [-0.4, -0.2) is 39.5 Å². The van der Waals surface area contributed by atoms with Crippen LogP contribution in [0, 0.1) is 0 Å². The van der Waals surface area contributed by atoms with Gasteiger partial charge in [-0.15, -0.1) is 0 Å². The van der Waals surface area contributed by atoms with Gasteiger partial charge in [0, 0.05) is 22.3 Å². The highest BCUT2D eigenvalue weighted by atomic mass is 35.5. The van der Waals surface area contributed by atoms with Gasteiger partial charge < -0.3 is 5.32 Å². The van der Waals surface area contributed by atoms with Crippen molar-refractivity contribution in [1.29, 1.82) is 0 Å². The first-order valence-electron chi connectivity index (χ1n) is 9.54. The molecule has 0 radical (unpaired) electrons. The van der Waals surface area contributed by atoms with Gasteiger partial charge >= 0.3 is 0 Å². The van der Waals surface area contributed by atoms with E-state index in [1.165, 1.54) is 9.80 Å². The second-order valence-corrected chi connectivity index (χ2v) is 9.39. The van der Waals surface area contributed by atoms with E-state index in [1.54, 1.807) is 48.5 Å². The summed E-state index contributed by atoms with van der Waals surface area (Å²) in [6.45, 7) is 3.54. The van der Waals surface area contributed by atoms with Crippen LogP contribution in [0.2, 0.25) is 5.02 Å². The van der Waals surface area contributed by atoms with Gasteiger partial charge in [0.15, 0.2) is 0 Å². The fourth-order valence-electron chi connectivity index (χ4n) is 3.54. The zero-order valence-corrected chi connectivity index (χ0v) is 19.1. The number of anilines is 2. The molecular weight excluding hydrogens is 454 g/mol. The van der Waals surface area contributed by atoms with E-state index in [2.05, 4.69) is 5.32 Å². The normalized spacial score (nSPS) is 18.3. The van der Waals surface area contributed by atoms with Gasteiger partial charge in [0.2, 0.25) is 5.91 Å². The Kier molecular flexibility index (Phi) is 5.88. The van der Waals surface area contributed by atoms with E-state index in [1.807, 2.05) is 13.8 Å². The van der Waals surface area contributed by atoms with Gasteiger partial charge in [0.05, 0.1) is 16.2 Å². The van der Waals surface area contributed by atoms with Gasteiger partial charge in [-0.2, -0.15) is 0 Å². The number of thioether (sulfide) groups is 1. The van der Waals surface area contributed by atoms with E-state index in [-0.39, 0.29) is 30.0 Å². The Bertz CT molecular complexity index is 1160. The Hall–Kier alpha value is -2.68. The number of fused-ring (bicyclic) bond motifs is 1. The van der Waals surface area contributed by atoms with Crippen LogP contribution >= 0.6 is 35.6 Å². The first-order valence-corrected chi connectivity index (χ1v) is 11.1. The average molecular weight is 472 g/mol. The predicted molar refractivity (Wildman–Crippen MR) is 128 cm³/mol. The zero-order valence-electron chi connectivity index (χ0n) is 16.7. The lowest BCUT2D eigenvalue weighted by molar-refractivity contribution is -0.123. The minimum atomic E-state index is -0.397. The topological polar surface area (TPSA) is 69.7 Å². The molecule has 2 aromatic carbocycles. The van der Waals surface area contributed by atoms with Gasteiger partial charge in [-0.25, -0.2) is 0 Å². The summed E-state index contributed by atoms with van der Waals surface area (Å²) in [6.07, 6.45) is 0. The van der Waals surface area contributed by atoms with E-state index in [9.17, 15) is 14.4 Å². The maximum absolute atomic E-state index is 13.4. The van der Waals surface area contributed by atoms with E-state index in [4.69, 9.17) is 23.8 Å². The first-order chi connectivity index (χ1) is 14.8. The summed E-state index contributed by atoms with van der Waals surface area (Å²) in [7, 11) is 0. The number of amides is 3. The van der Waals surface area contributed by atoms with Gasteiger partial charge in [0.25, 0.3) is 11.8 Å². The largest absolute Gasteiger partial charge is 0.324 e. The first kappa shape index (κ1) is 21.5. The Morgan fingerprint density at radius 3 is 2.55 bits per heavy atom. The van der Waals surface area contributed by atoms with Crippen LogP contribution in [0.5, 0.6) is 0 Å². The van der Waals surface area contributed by atoms with Crippen molar-refractivity contribution in [2.24, 2.45) is 0 Å². The number of carbonyl (C=O) groups is 3. The molecule has 1 N–H and O–H groups in total. The molecule has 2 heterocycles. The van der Waals surface area contributed by atoms with Crippen LogP contribution in [0.1, 0.15) is 19.4 Å². The number of benzene rings is 2. The van der Waals surface area contributed by atoms with E-state index in [0.29, 0.717) is 31.2 Å². The average Bonchev–Trinajstić information content (AvgIpc) is 3.14. The highest BCUT2D eigenvalue weighted by Crippen LogP contribution is 2.44. The lowest BCUT2D eigenvalue weighted by Gasteiger charge is -2.18. The second-order valence-electron chi connectivity index (χ2n) is 7.31. The molecule has 9 heteroatoms. The summed E-state index contributed by atoms with van der Waals surface area (Å²) in [4.78, 5) is 42.2. The third-order valence-electron chi connectivity index (χ3n) is 4.88. The summed E-state index contributed by atoms with van der Waals surface area (Å²) in [5.74, 6) is -1.05. The maximum Gasteiger partial charge on any atom is 0.267 e. The molecule has 1 saturated heterocycles. The Balaban J connectivity index is 1.66. The Morgan fingerprint density at radius 1 is 1.13 bits per heavy atom. The molecule has 0 aromatic heterocycles. The Morgan fingerprint density at radius 2 is 1.87 bits per heavy atom. The lowest BCUT2D eigenvalue weighted by Crippen LogP contribution is -2.36. The van der Waals surface area contributed by atoms with Crippen LogP contribution in [0.25, 0.3) is 5.57 Å². The monoisotopic (exact) mass is 471 g/mol. The fraction of sp³-hybridized carbons (Fsp3) is 0.182. The number of thiocarbonyl (C=S) groups is 1. The number of para-hydroxylation sites is 1.